The van der Waals surface area contributed by atoms with Crippen LogP contribution in [0.3, 0.4) is 0 Å². The van der Waals surface area contributed by atoms with Gasteiger partial charge in [-0.05, 0) is 12.1 Å². The maximum absolute atomic E-state index is 11.3. The molecule has 0 aromatic carbocycles. The van der Waals surface area contributed by atoms with E-state index in [-0.39, 0.29) is 5.91 Å². The van der Waals surface area contributed by atoms with Crippen molar-refractivity contribution in [3.63, 3.8) is 0 Å². The molecular formula is C12H20N2O2. The zero-order chi connectivity index (χ0) is 12.0. The van der Waals surface area contributed by atoms with Gasteiger partial charge in [-0.1, -0.05) is 6.92 Å². The number of hydrogen-bond donors (Lipinski definition) is 1. The molecule has 0 aliphatic heterocycles. The lowest BCUT2D eigenvalue weighted by atomic mass is 10.3. The first-order valence-corrected chi connectivity index (χ1v) is 5.62. The first kappa shape index (κ1) is 12.8. The molecule has 90 valence electrons. The summed E-state index contributed by atoms with van der Waals surface area (Å²) in [6.07, 6.45) is 1.44. The summed E-state index contributed by atoms with van der Waals surface area (Å²) in [5.74, 6) is 2.07. The molecule has 1 amide bonds. The van der Waals surface area contributed by atoms with Crippen LogP contribution < -0.4 is 5.32 Å². The second-order valence-electron chi connectivity index (χ2n) is 3.94. The maximum Gasteiger partial charge on any atom is 0.223 e. The Kier molecular flexibility index (Phi) is 5.05. The summed E-state index contributed by atoms with van der Waals surface area (Å²) in [5, 5.41) is 3.18. The fourth-order valence-electron chi connectivity index (χ4n) is 1.34. The highest BCUT2D eigenvalue weighted by atomic mass is 16.3. The minimum absolute atomic E-state index is 0.140. The smallest absolute Gasteiger partial charge is 0.223 e. The minimum Gasteiger partial charge on any atom is -0.465 e. The van der Waals surface area contributed by atoms with Crippen molar-refractivity contribution in [2.45, 2.75) is 26.3 Å². The van der Waals surface area contributed by atoms with E-state index in [1.807, 2.05) is 12.1 Å². The number of nitrogens with one attached hydrogen (secondary N) is 1. The van der Waals surface area contributed by atoms with Crippen LogP contribution in [0.2, 0.25) is 0 Å². The highest BCUT2D eigenvalue weighted by Crippen LogP contribution is 2.07. The largest absolute Gasteiger partial charge is 0.465 e. The first-order valence-electron chi connectivity index (χ1n) is 5.62. The topological polar surface area (TPSA) is 45.5 Å². The van der Waals surface area contributed by atoms with Crippen LogP contribution in [0.25, 0.3) is 0 Å². The summed E-state index contributed by atoms with van der Waals surface area (Å²) in [6, 6.07) is 3.96. The molecule has 0 aliphatic rings. The number of carbonyl (C=O) groups is 1. The number of carbonyl (C=O) groups excluding carboxylic acids is 1. The van der Waals surface area contributed by atoms with Crippen molar-refractivity contribution in [2.75, 3.05) is 20.6 Å². The van der Waals surface area contributed by atoms with Gasteiger partial charge in [-0.2, -0.15) is 0 Å². The molecule has 1 N–H and O–H groups in total. The average Bonchev–Trinajstić information content (AvgIpc) is 2.71. The van der Waals surface area contributed by atoms with Crippen LogP contribution in [0.4, 0.5) is 0 Å². The third kappa shape index (κ3) is 4.06. The lowest BCUT2D eigenvalue weighted by Crippen LogP contribution is -2.26. The van der Waals surface area contributed by atoms with E-state index in [4.69, 9.17) is 4.42 Å². The molecule has 16 heavy (non-hydrogen) atoms. The summed E-state index contributed by atoms with van der Waals surface area (Å²) < 4.78 is 5.53. The van der Waals surface area contributed by atoms with E-state index in [0.717, 1.165) is 17.9 Å². The number of nitrogens with zero attached hydrogens (tertiary/aromatic N) is 1. The molecule has 1 aromatic rings. The molecule has 0 fully saturated rings. The molecule has 0 bridgehead atoms. The van der Waals surface area contributed by atoms with Gasteiger partial charge in [-0.25, -0.2) is 0 Å². The van der Waals surface area contributed by atoms with Crippen LogP contribution in [0.15, 0.2) is 16.5 Å². The third-order valence-corrected chi connectivity index (χ3v) is 2.38. The second-order valence-corrected chi connectivity index (χ2v) is 3.94. The molecule has 0 saturated heterocycles. The Bertz CT molecular complexity index is 332. The monoisotopic (exact) mass is 224 g/mol. The van der Waals surface area contributed by atoms with Crippen molar-refractivity contribution in [1.82, 2.24) is 10.2 Å². The summed E-state index contributed by atoms with van der Waals surface area (Å²) in [4.78, 5) is 12.9. The van der Waals surface area contributed by atoms with Crippen LogP contribution >= 0.6 is 0 Å². The summed E-state index contributed by atoms with van der Waals surface area (Å²) in [7, 11) is 3.53. The molecule has 0 atom stereocenters. The van der Waals surface area contributed by atoms with E-state index in [0.29, 0.717) is 19.5 Å². The van der Waals surface area contributed by atoms with Crippen molar-refractivity contribution < 1.29 is 9.21 Å². The summed E-state index contributed by atoms with van der Waals surface area (Å²) in [6.45, 7) is 3.42. The molecular weight excluding hydrogens is 204 g/mol. The van der Waals surface area contributed by atoms with Gasteiger partial charge in [0.25, 0.3) is 0 Å². The molecule has 1 heterocycles. The van der Waals surface area contributed by atoms with Gasteiger partial charge in [0, 0.05) is 33.5 Å². The van der Waals surface area contributed by atoms with E-state index in [1.165, 1.54) is 0 Å². The SMILES string of the molecule is CCc1ccc(CNCCC(=O)N(C)C)o1. The molecule has 0 unspecified atom stereocenters. The molecule has 0 saturated carbocycles. The van der Waals surface area contributed by atoms with Gasteiger partial charge in [-0.3, -0.25) is 4.79 Å². The van der Waals surface area contributed by atoms with E-state index in [2.05, 4.69) is 12.2 Å². The fraction of sp³-hybridized carbons (Fsp3) is 0.583. The van der Waals surface area contributed by atoms with Gasteiger partial charge in [-0.15, -0.1) is 0 Å². The Morgan fingerprint density at radius 3 is 2.62 bits per heavy atom. The third-order valence-electron chi connectivity index (χ3n) is 2.38. The number of aryl methyl sites for hydroxylation is 1. The molecule has 0 aliphatic carbocycles. The second kappa shape index (κ2) is 6.33. The zero-order valence-electron chi connectivity index (χ0n) is 10.2. The van der Waals surface area contributed by atoms with Crippen LogP contribution in [-0.4, -0.2) is 31.4 Å². The van der Waals surface area contributed by atoms with Crippen LogP contribution in [-0.2, 0) is 17.8 Å². The van der Waals surface area contributed by atoms with Gasteiger partial charge >= 0.3 is 0 Å². The molecule has 0 spiro atoms. The minimum atomic E-state index is 0.140. The van der Waals surface area contributed by atoms with Crippen molar-refractivity contribution in [3.8, 4) is 0 Å². The predicted molar refractivity (Wildman–Crippen MR) is 63.1 cm³/mol. The normalized spacial score (nSPS) is 10.4. The number of amides is 1. The lowest BCUT2D eigenvalue weighted by Gasteiger charge is -2.09. The molecule has 1 rings (SSSR count). The van der Waals surface area contributed by atoms with Crippen molar-refractivity contribution >= 4 is 5.91 Å². The summed E-state index contributed by atoms with van der Waals surface area (Å²) >= 11 is 0. The average molecular weight is 224 g/mol. The van der Waals surface area contributed by atoms with Crippen LogP contribution in [0.1, 0.15) is 24.9 Å². The van der Waals surface area contributed by atoms with E-state index in [9.17, 15) is 4.79 Å². The van der Waals surface area contributed by atoms with Crippen LogP contribution in [0, 0.1) is 0 Å². The quantitative estimate of drug-likeness (QED) is 0.743. The lowest BCUT2D eigenvalue weighted by molar-refractivity contribution is -0.128. The highest BCUT2D eigenvalue weighted by molar-refractivity contribution is 5.75. The Labute approximate surface area is 96.6 Å². The van der Waals surface area contributed by atoms with Crippen molar-refractivity contribution in [1.29, 1.82) is 0 Å². The zero-order valence-corrected chi connectivity index (χ0v) is 10.2. The van der Waals surface area contributed by atoms with Gasteiger partial charge in [0.2, 0.25) is 5.91 Å². The first-order chi connectivity index (χ1) is 7.63. The van der Waals surface area contributed by atoms with E-state index < -0.39 is 0 Å². The Hall–Kier alpha value is -1.29. The highest BCUT2D eigenvalue weighted by Gasteiger charge is 2.03. The van der Waals surface area contributed by atoms with E-state index in [1.54, 1.807) is 19.0 Å². The Balaban J connectivity index is 2.18. The van der Waals surface area contributed by atoms with Gasteiger partial charge < -0.3 is 14.6 Å². The van der Waals surface area contributed by atoms with Crippen LogP contribution in [0.5, 0.6) is 0 Å². The van der Waals surface area contributed by atoms with Crippen molar-refractivity contribution in [3.05, 3.63) is 23.7 Å². The number of rotatable bonds is 6. The van der Waals surface area contributed by atoms with Gasteiger partial charge in [0.1, 0.15) is 11.5 Å². The Morgan fingerprint density at radius 2 is 2.06 bits per heavy atom. The number of furan rings is 1. The molecule has 4 heteroatoms. The standard InChI is InChI=1S/C12H20N2O2/c1-4-10-5-6-11(16-10)9-13-8-7-12(15)14(2)3/h5-6,13H,4,7-9H2,1-3H3. The van der Waals surface area contributed by atoms with E-state index >= 15 is 0 Å². The predicted octanol–water partition coefficient (Wildman–Crippen LogP) is 1.41. The molecule has 0 radical (unpaired) electrons. The Morgan fingerprint density at radius 1 is 1.38 bits per heavy atom. The maximum atomic E-state index is 11.3. The van der Waals surface area contributed by atoms with Gasteiger partial charge in [0.05, 0.1) is 6.54 Å². The van der Waals surface area contributed by atoms with Crippen molar-refractivity contribution in [2.24, 2.45) is 0 Å². The molecule has 1 aromatic heterocycles. The summed E-state index contributed by atoms with van der Waals surface area (Å²) in [5.41, 5.74) is 0. The fourth-order valence-corrected chi connectivity index (χ4v) is 1.34. The van der Waals surface area contributed by atoms with Gasteiger partial charge in [0.15, 0.2) is 0 Å². The molecule has 4 nitrogen and oxygen atoms in total. The number of hydrogen-bond acceptors (Lipinski definition) is 3.